The predicted molar refractivity (Wildman–Crippen MR) is 225 cm³/mol. The highest BCUT2D eigenvalue weighted by molar-refractivity contribution is 8.77. The molecule has 0 fully saturated rings. The number of aliphatic carboxylic acids is 4. The minimum absolute atomic E-state index is 0.134. The molecular formula is C40H28N4O16S4-4. The van der Waals surface area contributed by atoms with Crippen molar-refractivity contribution >= 4 is 124 Å². The SMILES string of the molecule is O=C([O-])[C@@H]1CSSC[C@@H](C(=O)O)N2C(=O)c3ccc4c5c(ccc(c35)C2=O)C(=O)N(C4=O)[C@H](C(=O)O)CSSC[C@@H](C(=O)[O-])N=C([O-])COc2ccc3cc(ccc3c2)OCC([O-])=N1. The van der Waals surface area contributed by atoms with Crippen LogP contribution in [0.2, 0.25) is 0 Å². The first-order valence-electron chi connectivity index (χ1n) is 18.5. The van der Waals surface area contributed by atoms with Gasteiger partial charge in [-0.15, -0.1) is 0 Å². The molecule has 64 heavy (non-hydrogen) atoms. The van der Waals surface area contributed by atoms with Crippen LogP contribution in [0.4, 0.5) is 0 Å². The maximum absolute atomic E-state index is 13.9. The third-order valence-corrected chi connectivity index (χ3v) is 14.6. The number of aliphatic imine (C=N–C) groups is 2. The van der Waals surface area contributed by atoms with Crippen LogP contribution in [0.3, 0.4) is 0 Å². The molecule has 12 heterocycles. The molecule has 4 atom stereocenters. The van der Waals surface area contributed by atoms with Gasteiger partial charge in [-0.1, -0.05) is 55.3 Å². The second kappa shape index (κ2) is 19.1. The molecule has 4 amide bonds. The molecule has 332 valence electrons. The van der Waals surface area contributed by atoms with Gasteiger partial charge >= 0.3 is 11.9 Å². The number of carboxylic acids is 4. The van der Waals surface area contributed by atoms with Gasteiger partial charge in [0.15, 0.2) is 0 Å². The lowest BCUT2D eigenvalue weighted by Gasteiger charge is -2.35. The van der Waals surface area contributed by atoms with Crippen molar-refractivity contribution in [1.29, 1.82) is 0 Å². The van der Waals surface area contributed by atoms with Gasteiger partial charge in [0.1, 0.15) is 36.8 Å². The summed E-state index contributed by atoms with van der Waals surface area (Å²) in [5.74, 6) is -14.2. The number of hydrogen-bond donors (Lipinski definition) is 2. The summed E-state index contributed by atoms with van der Waals surface area (Å²) >= 11 is 0. The Kier molecular flexibility index (Phi) is 13.6. The van der Waals surface area contributed by atoms with E-state index in [4.69, 9.17) is 9.47 Å². The van der Waals surface area contributed by atoms with Crippen molar-refractivity contribution in [3.63, 3.8) is 0 Å². The molecule has 2 N–H and O–H groups in total. The van der Waals surface area contributed by atoms with E-state index < -0.39 is 120 Å². The Balaban J connectivity index is 1.20. The van der Waals surface area contributed by atoms with Gasteiger partial charge in [-0.25, -0.2) is 9.59 Å². The molecule has 16 rings (SSSR count). The molecule has 0 saturated heterocycles. The predicted octanol–water partition coefficient (Wildman–Crippen LogP) is -0.920. The number of benzene rings is 4. The zero-order chi connectivity index (χ0) is 46.0. The zero-order valence-corrected chi connectivity index (χ0v) is 35.6. The van der Waals surface area contributed by atoms with Crippen molar-refractivity contribution in [3.8, 4) is 11.5 Å². The van der Waals surface area contributed by atoms with Crippen LogP contribution in [-0.2, 0) is 19.2 Å². The van der Waals surface area contributed by atoms with Gasteiger partial charge in [-0.05, 0) is 71.1 Å². The van der Waals surface area contributed by atoms with Crippen molar-refractivity contribution in [2.24, 2.45) is 9.98 Å². The summed E-state index contributed by atoms with van der Waals surface area (Å²) in [4.78, 5) is 113. The van der Waals surface area contributed by atoms with Gasteiger partial charge in [-0.3, -0.25) is 39.0 Å². The van der Waals surface area contributed by atoms with Crippen LogP contribution in [0.25, 0.3) is 21.5 Å². The number of rotatable bonds is 4. The third kappa shape index (κ3) is 9.25. The molecule has 0 spiro atoms. The Bertz CT molecular complexity index is 2480. The molecule has 12 aliphatic heterocycles. The molecule has 12 bridgehead atoms. The Hall–Kier alpha value is -6.50. The highest BCUT2D eigenvalue weighted by atomic mass is 33.1. The Morgan fingerprint density at radius 1 is 0.547 bits per heavy atom. The van der Waals surface area contributed by atoms with Crippen molar-refractivity contribution in [1.82, 2.24) is 9.80 Å². The highest BCUT2D eigenvalue weighted by Crippen LogP contribution is 2.40. The highest BCUT2D eigenvalue weighted by Gasteiger charge is 2.46. The summed E-state index contributed by atoms with van der Waals surface area (Å²) in [7, 11) is 3.13. The minimum Gasteiger partial charge on any atom is -0.860 e. The van der Waals surface area contributed by atoms with Crippen LogP contribution >= 0.6 is 43.2 Å². The monoisotopic (exact) mass is 948 g/mol. The number of imide groups is 2. The van der Waals surface area contributed by atoms with Gasteiger partial charge < -0.3 is 49.7 Å². The van der Waals surface area contributed by atoms with Crippen molar-refractivity contribution in [3.05, 3.63) is 82.9 Å². The lowest BCUT2D eigenvalue weighted by Crippen LogP contribution is -2.53. The summed E-state index contributed by atoms with van der Waals surface area (Å²) in [5, 5.41) is 70.4. The molecule has 0 aliphatic carbocycles. The molecule has 0 aromatic heterocycles. The topological polar surface area (TPSA) is 319 Å². The van der Waals surface area contributed by atoms with Gasteiger partial charge in [0.25, 0.3) is 23.6 Å². The van der Waals surface area contributed by atoms with E-state index in [-0.39, 0.29) is 44.5 Å². The fourth-order valence-electron chi connectivity index (χ4n) is 6.85. The normalized spacial score (nSPS) is 21.6. The lowest BCUT2D eigenvalue weighted by atomic mass is 9.85. The first kappa shape index (κ1) is 45.5. The van der Waals surface area contributed by atoms with E-state index in [0.29, 0.717) is 20.6 Å². The maximum atomic E-state index is 13.9. The van der Waals surface area contributed by atoms with Crippen LogP contribution in [-0.4, -0.2) is 140 Å². The van der Waals surface area contributed by atoms with E-state index >= 15 is 0 Å². The fourth-order valence-corrected chi connectivity index (χ4v) is 11.5. The Labute approximate surface area is 375 Å². The van der Waals surface area contributed by atoms with Crippen LogP contribution < -0.4 is 29.9 Å². The quantitative estimate of drug-likeness (QED) is 0.185. The summed E-state index contributed by atoms with van der Waals surface area (Å²) in [6, 6.07) is 6.85. The second-order valence-corrected chi connectivity index (χ2v) is 18.9. The van der Waals surface area contributed by atoms with Crippen LogP contribution in [0.5, 0.6) is 11.5 Å². The standard InChI is InChI=1S/C40H32N4O16S4/c45-29-11-59-19-3-1-17-9-20(4-2-18(17)10-19)60-12-30(46)42-26(38(53)54)14-62-64-16-28(40(57)58)44-35(49)23-7-5-21-31-22(6-8-24(32(23)31)36(44)50)34(48)43(33(21)47)27(39(55)56)15-63-61-13-25(41-29)37(51)52/h1-10,25-28H,11-16H2,(H,41,45)(H,42,46)(H,51,52)(H,53,54)(H,55,56)(H,57,58)/p-4/t25-,26-,27-,28-/m0/s1. The molecule has 12 aliphatic rings. The first-order valence-corrected chi connectivity index (χ1v) is 23.5. The molecule has 4 aromatic rings. The van der Waals surface area contributed by atoms with E-state index in [2.05, 4.69) is 9.98 Å². The number of hydrogen-bond acceptors (Lipinski definition) is 20. The van der Waals surface area contributed by atoms with E-state index in [1.54, 1.807) is 24.3 Å². The average Bonchev–Trinajstić information content (AvgIpc) is 3.25. The zero-order valence-electron chi connectivity index (χ0n) is 32.4. The Morgan fingerprint density at radius 3 is 1.19 bits per heavy atom. The van der Waals surface area contributed by atoms with Crippen molar-refractivity contribution < 1.29 is 78.5 Å². The third-order valence-electron chi connectivity index (χ3n) is 9.87. The van der Waals surface area contributed by atoms with E-state index in [0.717, 1.165) is 67.4 Å². The van der Waals surface area contributed by atoms with Gasteiger partial charge in [0.05, 0.1) is 24.0 Å². The molecule has 20 nitrogen and oxygen atoms in total. The molecule has 0 radical (unpaired) electrons. The van der Waals surface area contributed by atoms with Crippen molar-refractivity contribution in [2.45, 2.75) is 24.2 Å². The first-order chi connectivity index (χ1) is 30.5. The van der Waals surface area contributed by atoms with Gasteiger partial charge in [0, 0.05) is 56.0 Å². The van der Waals surface area contributed by atoms with Crippen LogP contribution in [0.15, 0.2) is 70.6 Å². The number of carboxylic acid groups (broad SMARTS) is 4. The number of carbonyl (C=O) groups is 8. The molecule has 0 unspecified atom stereocenters. The molecule has 24 heteroatoms. The Morgan fingerprint density at radius 2 is 0.875 bits per heavy atom. The van der Waals surface area contributed by atoms with Gasteiger partial charge in [0.2, 0.25) is 0 Å². The lowest BCUT2D eigenvalue weighted by molar-refractivity contribution is -0.308. The number of ether oxygens (including phenoxy) is 2. The summed E-state index contributed by atoms with van der Waals surface area (Å²) in [6.45, 7) is -1.32. The summed E-state index contributed by atoms with van der Waals surface area (Å²) < 4.78 is 11.0. The average molecular weight is 949 g/mol. The largest absolute Gasteiger partial charge is 0.860 e. The van der Waals surface area contributed by atoms with E-state index in [1.165, 1.54) is 12.1 Å². The van der Waals surface area contributed by atoms with Gasteiger partial charge in [-0.2, -0.15) is 0 Å². The fraction of sp³-hybridized carbons (Fsp3) is 0.250. The van der Waals surface area contributed by atoms with Crippen LogP contribution in [0.1, 0.15) is 41.4 Å². The summed E-state index contributed by atoms with van der Waals surface area (Å²) in [5.41, 5.74) is -0.947. The second-order valence-electron chi connectivity index (χ2n) is 13.8. The van der Waals surface area contributed by atoms with Crippen LogP contribution in [0, 0.1) is 0 Å². The van der Waals surface area contributed by atoms with E-state index in [9.17, 15) is 69.0 Å². The number of carbonyl (C=O) groups excluding carboxylic acids is 6. The number of amides is 4. The number of nitrogens with zero attached hydrogens (tertiary/aromatic N) is 4. The minimum atomic E-state index is -1.81. The van der Waals surface area contributed by atoms with E-state index in [1.807, 2.05) is 0 Å². The smallest absolute Gasteiger partial charge is 0.327 e. The summed E-state index contributed by atoms with van der Waals surface area (Å²) in [6.07, 6.45) is 0. The molecule has 0 saturated carbocycles. The maximum Gasteiger partial charge on any atom is 0.327 e. The molecular weight excluding hydrogens is 921 g/mol. The molecule has 4 aromatic carbocycles. The van der Waals surface area contributed by atoms with Crippen molar-refractivity contribution in [2.75, 3.05) is 36.2 Å².